The average Bonchev–Trinajstić information content (AvgIpc) is 2.89. The van der Waals surface area contributed by atoms with Gasteiger partial charge in [-0.05, 0) is 55.9 Å². The number of nitrogens with one attached hydrogen (secondary N) is 1. The highest BCUT2D eigenvalue weighted by Gasteiger charge is 2.33. The molecule has 7 nitrogen and oxygen atoms in total. The van der Waals surface area contributed by atoms with E-state index < -0.39 is 35.7 Å². The molecule has 1 saturated heterocycles. The van der Waals surface area contributed by atoms with Gasteiger partial charge in [0.2, 0.25) is 5.91 Å². The summed E-state index contributed by atoms with van der Waals surface area (Å²) in [5.74, 6) is -1.96. The topological polar surface area (TPSA) is 74.8 Å². The molecule has 1 atom stereocenters. The van der Waals surface area contributed by atoms with E-state index in [1.165, 1.54) is 24.4 Å². The number of anilines is 1. The molecule has 11 heteroatoms. The van der Waals surface area contributed by atoms with Gasteiger partial charge in [-0.1, -0.05) is 18.2 Å². The monoisotopic (exact) mass is 544 g/mol. The molecule has 206 valence electrons. The zero-order valence-corrected chi connectivity index (χ0v) is 21.5. The molecule has 2 heterocycles. The lowest BCUT2D eigenvalue weighted by atomic mass is 10.0. The highest BCUT2D eigenvalue weighted by molar-refractivity contribution is 6.01. The van der Waals surface area contributed by atoms with Crippen LogP contribution in [0.1, 0.15) is 22.8 Å². The first-order valence-corrected chi connectivity index (χ1v) is 12.4. The maximum Gasteiger partial charge on any atom is 0.573 e. The SMILES string of the molecule is CC(C(=O)Nc1cc(C(=O)Cc2ccc(-c3ccccc3F)nc2)ccc1OC(F)(F)F)N1CCN(C)CC1. The number of rotatable bonds is 8. The fraction of sp³-hybridized carbons (Fsp3) is 0.321. The molecule has 0 saturated carbocycles. The first-order chi connectivity index (χ1) is 18.5. The zero-order valence-electron chi connectivity index (χ0n) is 21.5. The van der Waals surface area contributed by atoms with Gasteiger partial charge in [0.25, 0.3) is 0 Å². The summed E-state index contributed by atoms with van der Waals surface area (Å²) < 4.78 is 57.2. The molecule has 1 aliphatic rings. The first kappa shape index (κ1) is 28.2. The second-order valence-electron chi connectivity index (χ2n) is 9.39. The van der Waals surface area contributed by atoms with Crippen molar-refractivity contribution in [3.8, 4) is 17.0 Å². The van der Waals surface area contributed by atoms with Gasteiger partial charge in [-0.3, -0.25) is 19.5 Å². The van der Waals surface area contributed by atoms with E-state index in [0.29, 0.717) is 29.9 Å². The largest absolute Gasteiger partial charge is 0.573 e. The van der Waals surface area contributed by atoms with Crippen molar-refractivity contribution < 1.29 is 31.9 Å². The number of ether oxygens (including phenoxy) is 1. The Morgan fingerprint density at radius 1 is 1.05 bits per heavy atom. The Morgan fingerprint density at radius 3 is 2.41 bits per heavy atom. The van der Waals surface area contributed by atoms with Gasteiger partial charge in [-0.25, -0.2) is 4.39 Å². The van der Waals surface area contributed by atoms with Crippen molar-refractivity contribution >= 4 is 17.4 Å². The van der Waals surface area contributed by atoms with E-state index in [1.807, 2.05) is 11.9 Å². The second kappa shape index (κ2) is 11.9. The number of amides is 1. The van der Waals surface area contributed by atoms with Gasteiger partial charge in [0.15, 0.2) is 11.5 Å². The standard InChI is InChI=1S/C28H28F4N4O3/c1-18(36-13-11-35(2)12-14-36)27(38)34-24-16-20(8-10-26(24)39-28(30,31)32)25(37)15-19-7-9-23(33-17-19)21-5-3-4-6-22(21)29/h3-10,16-18H,11-15H2,1-2H3,(H,34,38). The van der Waals surface area contributed by atoms with Crippen LogP contribution in [0.15, 0.2) is 60.8 Å². The molecular weight excluding hydrogens is 516 g/mol. The van der Waals surface area contributed by atoms with Gasteiger partial charge in [-0.15, -0.1) is 13.2 Å². The number of benzene rings is 2. The third-order valence-electron chi connectivity index (χ3n) is 6.59. The molecule has 4 rings (SSSR count). The van der Waals surface area contributed by atoms with Crippen molar-refractivity contribution in [3.63, 3.8) is 0 Å². The Morgan fingerprint density at radius 2 is 1.77 bits per heavy atom. The van der Waals surface area contributed by atoms with Crippen LogP contribution in [-0.4, -0.2) is 72.1 Å². The molecule has 0 aliphatic carbocycles. The molecule has 0 spiro atoms. The maximum absolute atomic E-state index is 14.0. The number of pyridine rings is 1. The zero-order chi connectivity index (χ0) is 28.2. The third kappa shape index (κ3) is 7.39. The number of carbonyl (C=O) groups excluding carboxylic acids is 2. The van der Waals surface area contributed by atoms with Gasteiger partial charge < -0.3 is 15.0 Å². The van der Waals surface area contributed by atoms with Crippen molar-refractivity contribution in [3.05, 3.63) is 77.7 Å². The number of carbonyl (C=O) groups is 2. The van der Waals surface area contributed by atoms with Crippen LogP contribution >= 0.6 is 0 Å². The normalized spacial score (nSPS) is 15.5. The van der Waals surface area contributed by atoms with E-state index in [9.17, 15) is 27.2 Å². The van der Waals surface area contributed by atoms with Crippen LogP contribution in [0.3, 0.4) is 0 Å². The number of alkyl halides is 3. The summed E-state index contributed by atoms with van der Waals surface area (Å²) in [5, 5.41) is 2.51. The fourth-order valence-electron chi connectivity index (χ4n) is 4.27. The summed E-state index contributed by atoms with van der Waals surface area (Å²) in [6.07, 6.45) is -3.64. The van der Waals surface area contributed by atoms with Gasteiger partial charge in [0.05, 0.1) is 17.4 Å². The molecule has 1 N–H and O–H groups in total. The minimum absolute atomic E-state index is 0.0882. The Kier molecular flexibility index (Phi) is 8.61. The molecular formula is C28H28F4N4O3. The fourth-order valence-corrected chi connectivity index (χ4v) is 4.27. The number of Topliss-reactive ketones (excluding diaryl/α,β-unsaturated/α-hetero) is 1. The van der Waals surface area contributed by atoms with Crippen molar-refractivity contribution in [2.45, 2.75) is 25.7 Å². The number of aromatic nitrogens is 1. The van der Waals surface area contributed by atoms with Crippen molar-refractivity contribution in [2.75, 3.05) is 38.5 Å². The minimum atomic E-state index is -4.99. The number of likely N-dealkylation sites (N-methyl/N-ethyl adjacent to an activating group) is 1. The van der Waals surface area contributed by atoms with Crippen molar-refractivity contribution in [1.29, 1.82) is 0 Å². The summed E-state index contributed by atoms with van der Waals surface area (Å²) in [7, 11) is 1.97. The minimum Gasteiger partial charge on any atom is -0.404 e. The third-order valence-corrected chi connectivity index (χ3v) is 6.59. The van der Waals surface area contributed by atoms with Crippen molar-refractivity contribution in [1.82, 2.24) is 14.8 Å². The van der Waals surface area contributed by atoms with Crippen LogP contribution < -0.4 is 10.1 Å². The Bertz CT molecular complexity index is 1320. The number of hydrogen-bond acceptors (Lipinski definition) is 6. The molecule has 3 aromatic rings. The number of ketones is 1. The van der Waals surface area contributed by atoms with Crippen LogP contribution in [0.25, 0.3) is 11.3 Å². The van der Waals surface area contributed by atoms with Crippen LogP contribution in [-0.2, 0) is 11.2 Å². The lowest BCUT2D eigenvalue weighted by Gasteiger charge is -2.35. The lowest BCUT2D eigenvalue weighted by Crippen LogP contribution is -2.51. The second-order valence-corrected chi connectivity index (χ2v) is 9.39. The summed E-state index contributed by atoms with van der Waals surface area (Å²) in [6.45, 7) is 4.48. The summed E-state index contributed by atoms with van der Waals surface area (Å²) in [4.78, 5) is 34.2. The number of halogens is 4. The molecule has 1 unspecified atom stereocenters. The summed E-state index contributed by atoms with van der Waals surface area (Å²) in [6, 6.07) is 12.2. The van der Waals surface area contributed by atoms with E-state index >= 15 is 0 Å². The Hall–Kier alpha value is -3.83. The molecule has 0 bridgehead atoms. The number of hydrogen-bond donors (Lipinski definition) is 1. The summed E-state index contributed by atoms with van der Waals surface area (Å²) in [5.41, 5.74) is 1.09. The molecule has 39 heavy (non-hydrogen) atoms. The Balaban J connectivity index is 1.51. The highest BCUT2D eigenvalue weighted by Crippen LogP contribution is 2.32. The van der Waals surface area contributed by atoms with Gasteiger partial charge in [0.1, 0.15) is 5.82 Å². The van der Waals surface area contributed by atoms with Gasteiger partial charge in [0, 0.05) is 49.9 Å². The van der Waals surface area contributed by atoms with E-state index in [-0.39, 0.29) is 17.7 Å². The molecule has 1 amide bonds. The maximum atomic E-state index is 14.0. The number of piperazine rings is 1. The predicted octanol–water partition coefficient (Wildman–Crippen LogP) is 4.79. The van der Waals surface area contributed by atoms with Gasteiger partial charge in [-0.2, -0.15) is 0 Å². The van der Waals surface area contributed by atoms with E-state index in [0.717, 1.165) is 19.2 Å². The lowest BCUT2D eigenvalue weighted by molar-refractivity contribution is -0.274. The quantitative estimate of drug-likeness (QED) is 0.325. The summed E-state index contributed by atoms with van der Waals surface area (Å²) >= 11 is 0. The van der Waals surface area contributed by atoms with Gasteiger partial charge >= 0.3 is 6.36 Å². The predicted molar refractivity (Wildman–Crippen MR) is 138 cm³/mol. The van der Waals surface area contributed by atoms with Crippen LogP contribution in [0, 0.1) is 5.82 Å². The van der Waals surface area contributed by atoms with Crippen molar-refractivity contribution in [2.24, 2.45) is 0 Å². The molecule has 1 aromatic heterocycles. The van der Waals surface area contributed by atoms with Crippen LogP contribution in [0.5, 0.6) is 5.75 Å². The van der Waals surface area contributed by atoms with Crippen LogP contribution in [0.4, 0.5) is 23.2 Å². The number of nitrogens with zero attached hydrogens (tertiary/aromatic N) is 3. The van der Waals surface area contributed by atoms with E-state index in [4.69, 9.17) is 0 Å². The smallest absolute Gasteiger partial charge is 0.404 e. The Labute approximate surface area is 223 Å². The molecule has 2 aromatic carbocycles. The highest BCUT2D eigenvalue weighted by atomic mass is 19.4. The molecule has 1 aliphatic heterocycles. The van der Waals surface area contributed by atoms with E-state index in [1.54, 1.807) is 37.3 Å². The molecule has 1 fully saturated rings. The average molecular weight is 545 g/mol. The first-order valence-electron chi connectivity index (χ1n) is 12.4. The van der Waals surface area contributed by atoms with Crippen LogP contribution in [0.2, 0.25) is 0 Å². The van der Waals surface area contributed by atoms with E-state index in [2.05, 4.69) is 19.9 Å². The molecule has 0 radical (unpaired) electrons.